The molecule has 0 aromatic heterocycles. The van der Waals surface area contributed by atoms with Gasteiger partial charge in [0.2, 0.25) is 18.2 Å². The van der Waals surface area contributed by atoms with Gasteiger partial charge in [0.1, 0.15) is 18.6 Å². The zero-order valence-corrected chi connectivity index (χ0v) is 19.4. The molecule has 0 unspecified atom stereocenters. The fourth-order valence-corrected chi connectivity index (χ4v) is 2.82. The summed E-state index contributed by atoms with van der Waals surface area (Å²) < 4.78 is 0. The van der Waals surface area contributed by atoms with E-state index in [1.54, 1.807) is 24.3 Å². The topological polar surface area (TPSA) is 153 Å². The summed E-state index contributed by atoms with van der Waals surface area (Å²) >= 11 is 3.93. The normalized spacial score (nSPS) is 11.4. The maximum atomic E-state index is 12.0. The van der Waals surface area contributed by atoms with Crippen LogP contribution in [0.15, 0.2) is 54.6 Å². The van der Waals surface area contributed by atoms with E-state index in [9.17, 15) is 29.1 Å². The van der Waals surface area contributed by atoms with Gasteiger partial charge in [0.15, 0.2) is 0 Å². The molecule has 2 aromatic carbocycles. The van der Waals surface area contributed by atoms with Gasteiger partial charge in [0, 0.05) is 12.2 Å². The van der Waals surface area contributed by atoms with Gasteiger partial charge in [-0.05, 0) is 6.42 Å². The molecule has 12 heteroatoms. The Labute approximate surface area is 206 Å². The second-order valence-corrected chi connectivity index (χ2v) is 6.79. The van der Waals surface area contributed by atoms with Crippen LogP contribution in [0.4, 0.5) is 5.69 Å². The first kappa shape index (κ1) is 29.9. The van der Waals surface area contributed by atoms with Crippen molar-refractivity contribution in [2.45, 2.75) is 24.9 Å². The number of carboxylic acid groups (broad SMARTS) is 2. The summed E-state index contributed by atoms with van der Waals surface area (Å²) in [5, 5.41) is 22.4. The Morgan fingerprint density at radius 2 is 1.79 bits per heavy atom. The minimum Gasteiger partial charge on any atom is -0.480 e. The van der Waals surface area contributed by atoms with E-state index < -0.39 is 42.4 Å². The van der Waals surface area contributed by atoms with E-state index in [1.165, 1.54) is 0 Å². The first-order chi connectivity index (χ1) is 15.3. The molecule has 0 aliphatic rings. The van der Waals surface area contributed by atoms with Crippen LogP contribution in [0.3, 0.4) is 0 Å². The van der Waals surface area contributed by atoms with Gasteiger partial charge in [-0.15, -0.1) is 6.07 Å². The van der Waals surface area contributed by atoms with Gasteiger partial charge < -0.3 is 25.7 Å². The van der Waals surface area contributed by atoms with E-state index in [2.05, 4.69) is 23.3 Å². The van der Waals surface area contributed by atoms with Crippen molar-refractivity contribution in [3.8, 4) is 0 Å². The maximum absolute atomic E-state index is 12.0. The van der Waals surface area contributed by atoms with Crippen LogP contribution in [0.1, 0.15) is 12.8 Å². The van der Waals surface area contributed by atoms with Gasteiger partial charge in [0.25, 0.3) is 0 Å². The van der Waals surface area contributed by atoms with Crippen LogP contribution in [-0.4, -0.2) is 64.8 Å². The molecule has 0 saturated heterocycles. The summed E-state index contributed by atoms with van der Waals surface area (Å²) in [6.45, 7) is -0.603. The molecule has 2 rings (SSSR count). The van der Waals surface area contributed by atoms with Crippen LogP contribution >= 0.6 is 12.6 Å². The number of nitrogens with zero attached hydrogens (tertiary/aromatic N) is 1. The molecular formula is C21H25FeN3O7S. The number of carbonyl (C=O) groups is 5. The summed E-state index contributed by atoms with van der Waals surface area (Å²) in [7, 11) is 0. The first-order valence-corrected chi connectivity index (χ1v) is 10.2. The van der Waals surface area contributed by atoms with Crippen molar-refractivity contribution in [1.82, 2.24) is 10.6 Å². The Bertz CT molecular complexity index is 842. The van der Waals surface area contributed by atoms with Crippen molar-refractivity contribution < 1.29 is 51.3 Å². The molecule has 0 radical (unpaired) electrons. The molecule has 10 nitrogen and oxygen atoms in total. The number of amides is 3. The summed E-state index contributed by atoms with van der Waals surface area (Å²) in [5.41, 5.74) is 0.388. The standard InChI is InChI=1S/C16H20N3O7S.C5H5.Fe/c20-9-19(10-3-1-2-4-10)12(16(25)26)5-6-13(21)18-11(8-27)15(24)17-7-14(22)23;1-2-4-5-3-1;/h1-4,9,11-12,27H,5-8H2,(H,17,24)(H,18,21)(H,22,23)(H,25,26);1-5H;/q2*-1;+2/t11-,12-;;/m0../s1. The molecule has 0 aliphatic heterocycles. The molecule has 0 aliphatic carbocycles. The third kappa shape index (κ3) is 11.4. The number of hydrogen-bond acceptors (Lipinski definition) is 6. The minimum absolute atomic E-state index is 0. The molecule has 4 N–H and O–H groups in total. The van der Waals surface area contributed by atoms with Gasteiger partial charge in [-0.3, -0.25) is 19.2 Å². The number of anilines is 1. The average molecular weight is 519 g/mol. The summed E-state index contributed by atoms with van der Waals surface area (Å²) in [4.78, 5) is 58.0. The van der Waals surface area contributed by atoms with Crippen molar-refractivity contribution in [2.75, 3.05) is 17.2 Å². The van der Waals surface area contributed by atoms with Gasteiger partial charge in [0.05, 0.1) is 0 Å². The molecular weight excluding hydrogens is 494 g/mol. The van der Waals surface area contributed by atoms with Crippen molar-refractivity contribution in [2.24, 2.45) is 0 Å². The number of hydrogen-bond donors (Lipinski definition) is 5. The molecule has 180 valence electrons. The maximum Gasteiger partial charge on any atom is 2.00 e. The molecule has 0 saturated carbocycles. The largest absolute Gasteiger partial charge is 2.00 e. The fourth-order valence-electron chi connectivity index (χ4n) is 2.57. The summed E-state index contributed by atoms with van der Waals surface area (Å²) in [6.07, 6.45) is -0.0679. The van der Waals surface area contributed by atoms with Crippen LogP contribution in [-0.2, 0) is 41.0 Å². The molecule has 33 heavy (non-hydrogen) atoms. The van der Waals surface area contributed by atoms with E-state index in [1.807, 2.05) is 30.3 Å². The van der Waals surface area contributed by atoms with E-state index >= 15 is 0 Å². The Hall–Kier alpha value is -3.08. The molecule has 3 amide bonds. The summed E-state index contributed by atoms with van der Waals surface area (Å²) in [6, 6.07) is 14.1. The van der Waals surface area contributed by atoms with Crippen LogP contribution in [0, 0.1) is 0 Å². The second-order valence-electron chi connectivity index (χ2n) is 6.42. The predicted molar refractivity (Wildman–Crippen MR) is 120 cm³/mol. The Balaban J connectivity index is 0.00000150. The Morgan fingerprint density at radius 3 is 2.21 bits per heavy atom. The molecule has 0 bridgehead atoms. The van der Waals surface area contributed by atoms with E-state index in [0.29, 0.717) is 12.1 Å². The molecule has 2 aromatic rings. The Kier molecular flexibility index (Phi) is 15.0. The molecule has 0 fully saturated rings. The van der Waals surface area contributed by atoms with Crippen molar-refractivity contribution >= 4 is 48.5 Å². The number of rotatable bonds is 12. The van der Waals surface area contributed by atoms with Gasteiger partial charge >= 0.3 is 29.0 Å². The van der Waals surface area contributed by atoms with E-state index in [4.69, 9.17) is 5.11 Å². The van der Waals surface area contributed by atoms with Crippen molar-refractivity contribution in [3.63, 3.8) is 0 Å². The van der Waals surface area contributed by atoms with Gasteiger partial charge in [-0.2, -0.15) is 43.0 Å². The van der Waals surface area contributed by atoms with Crippen LogP contribution in [0.2, 0.25) is 0 Å². The fraction of sp³-hybridized carbons (Fsp3) is 0.286. The Morgan fingerprint density at radius 1 is 1.12 bits per heavy atom. The van der Waals surface area contributed by atoms with Crippen LogP contribution in [0.25, 0.3) is 0 Å². The smallest absolute Gasteiger partial charge is 0.480 e. The minimum atomic E-state index is -1.28. The summed E-state index contributed by atoms with van der Waals surface area (Å²) in [5.74, 6) is -3.94. The average Bonchev–Trinajstić information content (AvgIpc) is 3.49. The van der Waals surface area contributed by atoms with Crippen molar-refractivity contribution in [3.05, 3.63) is 54.6 Å². The number of thiol groups is 1. The first-order valence-electron chi connectivity index (χ1n) is 9.54. The van der Waals surface area contributed by atoms with Gasteiger partial charge in [-0.1, -0.05) is 5.69 Å². The SMILES string of the molecule is O=CN(c1ccc[cH-]1)[C@@H](CCC(=O)N[C@@H](CS)C(=O)NCC(=O)O)C(=O)O.[Fe+2].c1cc[cH-]c1. The van der Waals surface area contributed by atoms with Crippen molar-refractivity contribution in [1.29, 1.82) is 0 Å². The molecule has 0 heterocycles. The molecule has 2 atom stereocenters. The van der Waals surface area contributed by atoms with E-state index in [0.717, 1.165) is 4.90 Å². The van der Waals surface area contributed by atoms with E-state index in [-0.39, 0.29) is 35.7 Å². The monoisotopic (exact) mass is 519 g/mol. The number of carboxylic acids is 2. The number of aliphatic carboxylic acids is 2. The number of nitrogens with one attached hydrogen (secondary N) is 2. The third-order valence-corrected chi connectivity index (χ3v) is 4.49. The zero-order valence-electron chi connectivity index (χ0n) is 17.4. The quantitative estimate of drug-likeness (QED) is 0.119. The van der Waals surface area contributed by atoms with Crippen LogP contribution < -0.4 is 15.5 Å². The van der Waals surface area contributed by atoms with Crippen LogP contribution in [0.5, 0.6) is 0 Å². The predicted octanol–water partition coefficient (Wildman–Crippen LogP) is 0.620. The number of carbonyl (C=O) groups excluding carboxylic acids is 3. The third-order valence-electron chi connectivity index (χ3n) is 4.13. The zero-order chi connectivity index (χ0) is 23.9. The molecule has 0 spiro atoms. The second kappa shape index (κ2) is 16.5. The van der Waals surface area contributed by atoms with Gasteiger partial charge in [-0.25, -0.2) is 23.0 Å².